The van der Waals surface area contributed by atoms with Crippen LogP contribution < -0.4 is 0 Å². The highest BCUT2D eigenvalue weighted by atomic mass is 79.9. The van der Waals surface area contributed by atoms with Crippen molar-refractivity contribution in [1.29, 1.82) is 0 Å². The van der Waals surface area contributed by atoms with Crippen molar-refractivity contribution in [3.05, 3.63) is 69.7 Å². The Bertz CT molecular complexity index is 544. The smallest absolute Gasteiger partial charge is 0.0435 e. The van der Waals surface area contributed by atoms with Crippen LogP contribution in [0, 0.1) is 5.92 Å². The summed E-state index contributed by atoms with van der Waals surface area (Å²) in [7, 11) is 0. The highest BCUT2D eigenvalue weighted by molar-refractivity contribution is 9.10. The van der Waals surface area contributed by atoms with Gasteiger partial charge in [-0.3, -0.25) is 0 Å². The van der Waals surface area contributed by atoms with Gasteiger partial charge in [-0.25, -0.2) is 0 Å². The van der Waals surface area contributed by atoms with Crippen molar-refractivity contribution in [1.82, 2.24) is 0 Å². The molecule has 0 spiro atoms. The lowest BCUT2D eigenvalue weighted by Gasteiger charge is -2.12. The summed E-state index contributed by atoms with van der Waals surface area (Å²) in [5.41, 5.74) is 4.11. The van der Waals surface area contributed by atoms with Crippen LogP contribution in [0.1, 0.15) is 35.4 Å². The van der Waals surface area contributed by atoms with E-state index in [1.165, 1.54) is 16.7 Å². The molecule has 0 amide bonds. The summed E-state index contributed by atoms with van der Waals surface area (Å²) >= 11 is 7.33. The largest absolute Gasteiger partial charge is 0.0835 e. The maximum atomic E-state index is 3.81. The van der Waals surface area contributed by atoms with Crippen LogP contribution in [-0.4, -0.2) is 0 Å². The van der Waals surface area contributed by atoms with Crippen molar-refractivity contribution in [3.8, 4) is 0 Å². The van der Waals surface area contributed by atoms with Crippen LogP contribution >= 0.6 is 31.9 Å². The van der Waals surface area contributed by atoms with Crippen molar-refractivity contribution in [2.24, 2.45) is 5.92 Å². The van der Waals surface area contributed by atoms with Gasteiger partial charge < -0.3 is 0 Å². The van der Waals surface area contributed by atoms with Gasteiger partial charge in [0.25, 0.3) is 0 Å². The summed E-state index contributed by atoms with van der Waals surface area (Å²) < 4.78 is 1.14. The Kier molecular flexibility index (Phi) is 5.86. The SMILES string of the molecule is CC(C)Cc1ccc(C(Br)Cc2cccc(Br)c2)cc1. The second-order valence-corrected chi connectivity index (χ2v) is 7.66. The van der Waals surface area contributed by atoms with Crippen molar-refractivity contribution < 1.29 is 0 Å². The Morgan fingerprint density at radius 3 is 2.20 bits per heavy atom. The molecular weight excluding hydrogens is 376 g/mol. The zero-order chi connectivity index (χ0) is 14.5. The van der Waals surface area contributed by atoms with Crippen LogP contribution in [0.4, 0.5) is 0 Å². The Labute approximate surface area is 138 Å². The molecule has 0 heterocycles. The minimum Gasteiger partial charge on any atom is -0.0835 e. The molecule has 0 saturated carbocycles. The van der Waals surface area contributed by atoms with Crippen LogP contribution in [0.3, 0.4) is 0 Å². The summed E-state index contributed by atoms with van der Waals surface area (Å²) in [5, 5.41) is 0. The molecular formula is C18H20Br2. The summed E-state index contributed by atoms with van der Waals surface area (Å²) in [5.74, 6) is 0.710. The third kappa shape index (κ3) is 4.75. The Hall–Kier alpha value is -0.600. The van der Waals surface area contributed by atoms with Gasteiger partial charge in [0.1, 0.15) is 0 Å². The zero-order valence-corrected chi connectivity index (χ0v) is 15.1. The lowest BCUT2D eigenvalue weighted by molar-refractivity contribution is 0.647. The van der Waals surface area contributed by atoms with Crippen LogP contribution in [0.2, 0.25) is 0 Å². The molecule has 0 radical (unpaired) electrons. The molecule has 20 heavy (non-hydrogen) atoms. The van der Waals surface area contributed by atoms with E-state index in [4.69, 9.17) is 0 Å². The predicted octanol–water partition coefficient (Wildman–Crippen LogP) is 6.33. The predicted molar refractivity (Wildman–Crippen MR) is 94.5 cm³/mol. The fourth-order valence-corrected chi connectivity index (χ4v) is 3.45. The Morgan fingerprint density at radius 1 is 0.900 bits per heavy atom. The molecule has 1 unspecified atom stereocenters. The van der Waals surface area contributed by atoms with E-state index in [-0.39, 0.29) is 0 Å². The van der Waals surface area contributed by atoms with E-state index in [1.54, 1.807) is 0 Å². The topological polar surface area (TPSA) is 0 Å². The lowest BCUT2D eigenvalue weighted by atomic mass is 9.99. The maximum Gasteiger partial charge on any atom is 0.0435 e. The fourth-order valence-electron chi connectivity index (χ4n) is 2.32. The molecule has 2 heteroatoms. The highest BCUT2D eigenvalue weighted by Gasteiger charge is 2.09. The third-order valence-corrected chi connectivity index (χ3v) is 4.63. The van der Waals surface area contributed by atoms with Gasteiger partial charge in [0.05, 0.1) is 0 Å². The number of hydrogen-bond acceptors (Lipinski definition) is 0. The quantitative estimate of drug-likeness (QED) is 0.519. The van der Waals surface area contributed by atoms with Crippen molar-refractivity contribution in [2.75, 3.05) is 0 Å². The van der Waals surface area contributed by atoms with Gasteiger partial charge >= 0.3 is 0 Å². The molecule has 1 atom stereocenters. The van der Waals surface area contributed by atoms with E-state index in [0.29, 0.717) is 10.7 Å². The molecule has 0 aliphatic rings. The van der Waals surface area contributed by atoms with Crippen LogP contribution in [-0.2, 0) is 12.8 Å². The zero-order valence-electron chi connectivity index (χ0n) is 11.9. The molecule has 0 aliphatic heterocycles. The second-order valence-electron chi connectivity index (χ2n) is 5.64. The molecule has 0 aliphatic carbocycles. The Morgan fingerprint density at radius 2 is 1.60 bits per heavy atom. The van der Waals surface area contributed by atoms with Crippen LogP contribution in [0.25, 0.3) is 0 Å². The number of halogens is 2. The number of rotatable bonds is 5. The van der Waals surface area contributed by atoms with E-state index in [9.17, 15) is 0 Å². The average Bonchev–Trinajstić information content (AvgIpc) is 2.38. The van der Waals surface area contributed by atoms with E-state index in [0.717, 1.165) is 17.3 Å². The maximum absolute atomic E-state index is 3.81. The van der Waals surface area contributed by atoms with Gasteiger partial charge in [-0.05, 0) is 47.6 Å². The fraction of sp³-hybridized carbons (Fsp3) is 0.333. The highest BCUT2D eigenvalue weighted by Crippen LogP contribution is 2.28. The summed E-state index contributed by atoms with van der Waals surface area (Å²) in [6.07, 6.45) is 2.15. The first-order valence-electron chi connectivity index (χ1n) is 7.02. The minimum absolute atomic E-state index is 0.366. The molecule has 106 valence electrons. The van der Waals surface area contributed by atoms with Gasteiger partial charge in [-0.1, -0.05) is 82.1 Å². The van der Waals surface area contributed by atoms with Crippen LogP contribution in [0.15, 0.2) is 53.0 Å². The molecule has 0 nitrogen and oxygen atoms in total. The van der Waals surface area contributed by atoms with E-state index >= 15 is 0 Å². The first kappa shape index (κ1) is 15.8. The van der Waals surface area contributed by atoms with E-state index in [2.05, 4.69) is 94.2 Å². The number of hydrogen-bond donors (Lipinski definition) is 0. The summed E-state index contributed by atoms with van der Waals surface area (Å²) in [6, 6.07) is 17.5. The molecule has 0 N–H and O–H groups in total. The van der Waals surface area contributed by atoms with Crippen LogP contribution in [0.5, 0.6) is 0 Å². The lowest BCUT2D eigenvalue weighted by Crippen LogP contribution is -1.97. The molecule has 2 aromatic rings. The normalized spacial score (nSPS) is 12.7. The Balaban J connectivity index is 2.03. The van der Waals surface area contributed by atoms with Gasteiger partial charge in [0, 0.05) is 9.30 Å². The minimum atomic E-state index is 0.366. The average molecular weight is 396 g/mol. The van der Waals surface area contributed by atoms with E-state index in [1.807, 2.05) is 0 Å². The standard InChI is InChI=1S/C18H20Br2/c1-13(2)10-14-6-8-16(9-7-14)18(20)12-15-4-3-5-17(19)11-15/h3-9,11,13,18H,10,12H2,1-2H3. The van der Waals surface area contributed by atoms with Gasteiger partial charge in [-0.15, -0.1) is 0 Å². The number of benzene rings is 2. The first-order valence-corrected chi connectivity index (χ1v) is 8.73. The second kappa shape index (κ2) is 7.42. The first-order chi connectivity index (χ1) is 9.54. The molecule has 0 saturated heterocycles. The van der Waals surface area contributed by atoms with E-state index < -0.39 is 0 Å². The van der Waals surface area contributed by atoms with Gasteiger partial charge in [-0.2, -0.15) is 0 Å². The molecule has 0 fully saturated rings. The molecule has 2 aromatic carbocycles. The van der Waals surface area contributed by atoms with Crippen molar-refractivity contribution in [3.63, 3.8) is 0 Å². The summed E-state index contributed by atoms with van der Waals surface area (Å²) in [6.45, 7) is 4.52. The van der Waals surface area contributed by atoms with Gasteiger partial charge in [0.2, 0.25) is 0 Å². The molecule has 0 aromatic heterocycles. The molecule has 0 bridgehead atoms. The number of alkyl halides is 1. The third-order valence-electron chi connectivity index (χ3n) is 3.29. The van der Waals surface area contributed by atoms with Crippen molar-refractivity contribution >= 4 is 31.9 Å². The molecule has 2 rings (SSSR count). The summed E-state index contributed by atoms with van der Waals surface area (Å²) in [4.78, 5) is 0.366. The van der Waals surface area contributed by atoms with Gasteiger partial charge in [0.15, 0.2) is 0 Å². The monoisotopic (exact) mass is 394 g/mol. The van der Waals surface area contributed by atoms with Crippen molar-refractivity contribution in [2.45, 2.75) is 31.5 Å².